The molecule has 0 aliphatic carbocycles. The first-order chi connectivity index (χ1) is 11.8. The molecule has 0 radical (unpaired) electrons. The number of nitrogens with zero attached hydrogens (tertiary/aromatic N) is 3. The third-order valence-corrected chi connectivity index (χ3v) is 5.61. The second kappa shape index (κ2) is 8.70. The summed E-state index contributed by atoms with van der Waals surface area (Å²) in [6.45, 7) is 11.4. The van der Waals surface area contributed by atoms with E-state index in [2.05, 4.69) is 25.7 Å². The number of hydrogen-bond donors (Lipinski definition) is 0. The summed E-state index contributed by atoms with van der Waals surface area (Å²) < 4.78 is 0. The number of hydrogen-bond acceptors (Lipinski definition) is 4. The van der Waals surface area contributed by atoms with Gasteiger partial charge in [0.1, 0.15) is 0 Å². The quantitative estimate of drug-likeness (QED) is 0.476. The minimum Gasteiger partial charge on any atom is -0.347 e. The molecule has 5 nitrogen and oxygen atoms in total. The summed E-state index contributed by atoms with van der Waals surface area (Å²) >= 11 is 1.81. The van der Waals surface area contributed by atoms with E-state index in [0.29, 0.717) is 17.5 Å². The molecule has 0 unspecified atom stereocenters. The minimum absolute atomic E-state index is 0.167. The molecular weight excluding hydrogens is 334 g/mol. The number of benzene rings is 1. The molecule has 0 aromatic heterocycles. The van der Waals surface area contributed by atoms with Crippen molar-refractivity contribution in [3.05, 3.63) is 33.4 Å². The molecule has 0 bridgehead atoms. The Morgan fingerprint density at radius 2 is 2.08 bits per heavy atom. The summed E-state index contributed by atoms with van der Waals surface area (Å²) in [5.74, 6) is 1.66. The number of aryl methyl sites for hydroxylation is 2. The van der Waals surface area contributed by atoms with Crippen molar-refractivity contribution >= 4 is 28.3 Å². The number of unbranched alkanes of at least 4 members (excludes halogenated alkanes) is 1. The summed E-state index contributed by atoms with van der Waals surface area (Å²) in [5, 5.41) is 12.2. The molecule has 138 valence electrons. The Morgan fingerprint density at radius 1 is 1.36 bits per heavy atom. The van der Waals surface area contributed by atoms with Crippen molar-refractivity contribution in [2.45, 2.75) is 59.9 Å². The van der Waals surface area contributed by atoms with Crippen LogP contribution in [0.25, 0.3) is 0 Å². The summed E-state index contributed by atoms with van der Waals surface area (Å²) in [6.07, 6.45) is 3.65. The highest BCUT2D eigenvalue weighted by Crippen LogP contribution is 2.33. The van der Waals surface area contributed by atoms with E-state index in [1.54, 1.807) is 13.0 Å². The van der Waals surface area contributed by atoms with E-state index in [9.17, 15) is 10.1 Å². The van der Waals surface area contributed by atoms with Crippen LogP contribution in [0.3, 0.4) is 0 Å². The number of aliphatic imine (C=N–C) groups is 1. The van der Waals surface area contributed by atoms with Crippen LogP contribution in [-0.4, -0.2) is 33.3 Å². The molecular formula is C19H29N3O2S. The van der Waals surface area contributed by atoms with E-state index in [1.165, 1.54) is 19.3 Å². The SMILES string of the molecule is CCCC[C@H]1CSC(=Nc2cc(C)c([N+](=O)[O-])cc2C)N1CC(C)C. The van der Waals surface area contributed by atoms with Crippen LogP contribution in [0.1, 0.15) is 51.2 Å². The monoisotopic (exact) mass is 363 g/mol. The lowest BCUT2D eigenvalue weighted by Crippen LogP contribution is -2.36. The Morgan fingerprint density at radius 3 is 2.68 bits per heavy atom. The Kier molecular flexibility index (Phi) is 6.87. The third kappa shape index (κ3) is 4.97. The average Bonchev–Trinajstić information content (AvgIpc) is 2.89. The highest BCUT2D eigenvalue weighted by atomic mass is 32.2. The van der Waals surface area contributed by atoms with Crippen molar-refractivity contribution in [3.8, 4) is 0 Å². The Hall–Kier alpha value is -1.56. The van der Waals surface area contributed by atoms with Crippen LogP contribution in [0.15, 0.2) is 17.1 Å². The molecule has 1 fully saturated rings. The smallest absolute Gasteiger partial charge is 0.272 e. The zero-order chi connectivity index (χ0) is 18.6. The summed E-state index contributed by atoms with van der Waals surface area (Å²) in [4.78, 5) is 18.1. The van der Waals surface area contributed by atoms with Gasteiger partial charge in [-0.25, -0.2) is 4.99 Å². The number of amidine groups is 1. The number of nitro benzene ring substituents is 1. The lowest BCUT2D eigenvalue weighted by Gasteiger charge is -2.27. The van der Waals surface area contributed by atoms with Gasteiger partial charge in [0.05, 0.1) is 10.6 Å². The van der Waals surface area contributed by atoms with Crippen molar-refractivity contribution < 1.29 is 4.92 Å². The van der Waals surface area contributed by atoms with Crippen LogP contribution < -0.4 is 0 Å². The number of rotatable bonds is 7. The fourth-order valence-electron chi connectivity index (χ4n) is 3.10. The normalized spacial score (nSPS) is 19.2. The van der Waals surface area contributed by atoms with Gasteiger partial charge in [0.15, 0.2) is 5.17 Å². The molecule has 1 aromatic rings. The standard InChI is InChI=1S/C19H29N3O2S/c1-6-7-8-16-12-25-19(21(16)11-13(2)3)20-17-9-15(5)18(22(23)24)10-14(17)4/h9-10,13,16H,6-8,11-12H2,1-5H3/t16-/m0/s1. The minimum atomic E-state index is -0.324. The predicted octanol–water partition coefficient (Wildman–Crippen LogP) is 5.46. The van der Waals surface area contributed by atoms with Gasteiger partial charge in [-0.3, -0.25) is 10.1 Å². The van der Waals surface area contributed by atoms with Crippen LogP contribution in [-0.2, 0) is 0 Å². The Labute approximate surface area is 155 Å². The molecule has 1 aliphatic rings. The van der Waals surface area contributed by atoms with E-state index in [4.69, 9.17) is 4.99 Å². The molecule has 1 aliphatic heterocycles. The fourth-order valence-corrected chi connectivity index (χ4v) is 4.34. The van der Waals surface area contributed by atoms with E-state index in [-0.39, 0.29) is 10.6 Å². The van der Waals surface area contributed by atoms with Crippen LogP contribution in [0.4, 0.5) is 11.4 Å². The third-order valence-electron chi connectivity index (χ3n) is 4.47. The lowest BCUT2D eigenvalue weighted by molar-refractivity contribution is -0.385. The molecule has 0 N–H and O–H groups in total. The summed E-state index contributed by atoms with van der Waals surface area (Å²) in [6, 6.07) is 4.02. The highest BCUT2D eigenvalue weighted by molar-refractivity contribution is 8.14. The fraction of sp³-hybridized carbons (Fsp3) is 0.632. The van der Waals surface area contributed by atoms with Gasteiger partial charge < -0.3 is 4.90 Å². The van der Waals surface area contributed by atoms with Gasteiger partial charge in [-0.15, -0.1) is 0 Å². The lowest BCUT2D eigenvalue weighted by atomic mass is 10.1. The Bertz CT molecular complexity index is 658. The second-order valence-corrected chi connectivity index (χ2v) is 8.22. The maximum absolute atomic E-state index is 11.1. The maximum Gasteiger partial charge on any atom is 0.272 e. The molecule has 2 rings (SSSR count). The van der Waals surface area contributed by atoms with E-state index in [0.717, 1.165) is 28.7 Å². The summed E-state index contributed by atoms with van der Waals surface area (Å²) in [7, 11) is 0. The number of nitro groups is 1. The van der Waals surface area contributed by atoms with Crippen molar-refractivity contribution in [2.75, 3.05) is 12.3 Å². The van der Waals surface area contributed by atoms with Crippen molar-refractivity contribution in [1.82, 2.24) is 4.90 Å². The molecule has 0 saturated carbocycles. The molecule has 1 atom stereocenters. The first-order valence-electron chi connectivity index (χ1n) is 9.07. The molecule has 0 amide bonds. The number of thioether (sulfide) groups is 1. The summed E-state index contributed by atoms with van der Waals surface area (Å²) in [5.41, 5.74) is 2.53. The average molecular weight is 364 g/mol. The van der Waals surface area contributed by atoms with Gasteiger partial charge in [0, 0.05) is 30.0 Å². The predicted molar refractivity (Wildman–Crippen MR) is 107 cm³/mol. The van der Waals surface area contributed by atoms with Crippen LogP contribution in [0, 0.1) is 29.9 Å². The largest absolute Gasteiger partial charge is 0.347 e. The highest BCUT2D eigenvalue weighted by Gasteiger charge is 2.30. The van der Waals surface area contributed by atoms with E-state index < -0.39 is 0 Å². The first-order valence-corrected chi connectivity index (χ1v) is 10.1. The van der Waals surface area contributed by atoms with Gasteiger partial charge in [0.25, 0.3) is 5.69 Å². The van der Waals surface area contributed by atoms with Gasteiger partial charge >= 0.3 is 0 Å². The molecule has 1 aromatic carbocycles. The van der Waals surface area contributed by atoms with Crippen molar-refractivity contribution in [1.29, 1.82) is 0 Å². The van der Waals surface area contributed by atoms with Crippen LogP contribution in [0.5, 0.6) is 0 Å². The van der Waals surface area contributed by atoms with Gasteiger partial charge in [-0.05, 0) is 37.8 Å². The topological polar surface area (TPSA) is 58.7 Å². The van der Waals surface area contributed by atoms with Crippen LogP contribution >= 0.6 is 11.8 Å². The zero-order valence-corrected chi connectivity index (χ0v) is 16.7. The van der Waals surface area contributed by atoms with Crippen molar-refractivity contribution in [2.24, 2.45) is 10.9 Å². The van der Waals surface area contributed by atoms with E-state index >= 15 is 0 Å². The van der Waals surface area contributed by atoms with Crippen molar-refractivity contribution in [3.63, 3.8) is 0 Å². The first kappa shape index (κ1) is 19.8. The zero-order valence-electron chi connectivity index (χ0n) is 15.9. The molecule has 1 heterocycles. The van der Waals surface area contributed by atoms with Gasteiger partial charge in [-0.1, -0.05) is 45.4 Å². The molecule has 6 heteroatoms. The molecule has 1 saturated heterocycles. The Balaban J connectivity index is 2.31. The van der Waals surface area contributed by atoms with Crippen LogP contribution in [0.2, 0.25) is 0 Å². The molecule has 25 heavy (non-hydrogen) atoms. The second-order valence-electron chi connectivity index (χ2n) is 7.23. The van der Waals surface area contributed by atoms with Gasteiger partial charge in [-0.2, -0.15) is 0 Å². The van der Waals surface area contributed by atoms with E-state index in [1.807, 2.05) is 24.8 Å². The van der Waals surface area contributed by atoms with Gasteiger partial charge in [0.2, 0.25) is 0 Å². The maximum atomic E-state index is 11.1. The molecule has 0 spiro atoms.